The second-order valence-electron chi connectivity index (χ2n) is 7.82. The first-order valence-electron chi connectivity index (χ1n) is 8.71. The zero-order chi connectivity index (χ0) is 20.2. The average molecular weight is 383 g/mol. The third kappa shape index (κ3) is 2.69. The van der Waals surface area contributed by atoms with E-state index in [4.69, 9.17) is 19.6 Å². The number of ketones is 1. The van der Waals surface area contributed by atoms with Crippen molar-refractivity contribution in [3.8, 4) is 17.6 Å². The number of nitrogens with one attached hydrogen (secondary N) is 1. The van der Waals surface area contributed by atoms with Crippen LogP contribution in [-0.2, 0) is 9.53 Å². The van der Waals surface area contributed by atoms with Crippen LogP contribution in [0, 0.1) is 38.2 Å². The zero-order valence-electron chi connectivity index (χ0n) is 15.3. The Morgan fingerprint density at radius 3 is 2.61 bits per heavy atom. The molecule has 0 aromatic heterocycles. The molecule has 3 aliphatic rings. The van der Waals surface area contributed by atoms with Crippen LogP contribution >= 0.6 is 0 Å². The fourth-order valence-electron chi connectivity index (χ4n) is 3.90. The van der Waals surface area contributed by atoms with Crippen molar-refractivity contribution in [2.24, 2.45) is 11.3 Å². The lowest BCUT2D eigenvalue weighted by molar-refractivity contribution is -0.386. The Hall–Kier alpha value is -3.41. The van der Waals surface area contributed by atoms with E-state index in [1.807, 2.05) is 19.9 Å². The number of rotatable bonds is 2. The van der Waals surface area contributed by atoms with Gasteiger partial charge in [-0.25, -0.2) is 0 Å². The van der Waals surface area contributed by atoms with E-state index in [1.165, 1.54) is 12.1 Å². The largest absolute Gasteiger partial charge is 0.487 e. The van der Waals surface area contributed by atoms with Crippen LogP contribution in [0.4, 0.5) is 5.69 Å². The van der Waals surface area contributed by atoms with Crippen LogP contribution in [-0.4, -0.2) is 23.2 Å². The minimum absolute atomic E-state index is 0.0586. The van der Waals surface area contributed by atoms with E-state index >= 15 is 0 Å². The van der Waals surface area contributed by atoms with Crippen molar-refractivity contribution in [3.05, 3.63) is 39.1 Å². The van der Waals surface area contributed by atoms with Gasteiger partial charge in [-0.1, -0.05) is 13.8 Å². The van der Waals surface area contributed by atoms with Crippen molar-refractivity contribution >= 4 is 17.2 Å². The highest BCUT2D eigenvalue weighted by atomic mass is 16.7. The van der Waals surface area contributed by atoms with Crippen LogP contribution < -0.4 is 9.47 Å². The van der Waals surface area contributed by atoms with Crippen LogP contribution in [0.15, 0.2) is 23.5 Å². The van der Waals surface area contributed by atoms with Crippen molar-refractivity contribution in [1.82, 2.24) is 0 Å². The van der Waals surface area contributed by atoms with Gasteiger partial charge in [0.2, 0.25) is 6.79 Å². The standard InChI is InChI=1S/C19H17N3O6/c1-19(2)5-12(23)16-15(6-19)28-18(10(7-20)17(16)21)9-3-13-14(27-8-26-13)4-11(9)22(24)25/h3-4,10,18,21H,5-6,8H2,1-2H3/t10?,18-/m1/s1. The molecule has 0 fully saturated rings. The van der Waals surface area contributed by atoms with E-state index in [9.17, 15) is 20.2 Å². The summed E-state index contributed by atoms with van der Waals surface area (Å²) in [6.45, 7) is 3.77. The number of nitro benzene ring substituents is 1. The third-order valence-electron chi connectivity index (χ3n) is 5.15. The number of carbonyl (C=O) groups excluding carboxylic acids is 1. The van der Waals surface area contributed by atoms with Gasteiger partial charge in [0, 0.05) is 12.8 Å². The molecule has 2 atom stereocenters. The Kier molecular flexibility index (Phi) is 3.89. The summed E-state index contributed by atoms with van der Waals surface area (Å²) < 4.78 is 16.5. The van der Waals surface area contributed by atoms with E-state index in [0.717, 1.165) is 0 Å². The van der Waals surface area contributed by atoms with Crippen molar-refractivity contribution in [1.29, 1.82) is 10.7 Å². The topological polar surface area (TPSA) is 136 Å². The maximum Gasteiger partial charge on any atom is 0.280 e. The monoisotopic (exact) mass is 383 g/mol. The van der Waals surface area contributed by atoms with Gasteiger partial charge in [-0.2, -0.15) is 5.26 Å². The summed E-state index contributed by atoms with van der Waals surface area (Å²) in [6, 6.07) is 4.64. The lowest BCUT2D eigenvalue weighted by atomic mass is 9.72. The summed E-state index contributed by atoms with van der Waals surface area (Å²) in [7, 11) is 0. The summed E-state index contributed by atoms with van der Waals surface area (Å²) >= 11 is 0. The van der Waals surface area contributed by atoms with Gasteiger partial charge in [-0.3, -0.25) is 14.9 Å². The molecule has 4 rings (SSSR count). The van der Waals surface area contributed by atoms with Gasteiger partial charge in [0.15, 0.2) is 23.4 Å². The number of Topliss-reactive ketones (excluding diaryl/α,β-unsaturated/α-hetero) is 1. The van der Waals surface area contributed by atoms with Crippen LogP contribution in [0.2, 0.25) is 0 Å². The first kappa shape index (κ1) is 18.0. The number of ether oxygens (including phenoxy) is 3. The lowest BCUT2D eigenvalue weighted by Gasteiger charge is -2.38. The van der Waals surface area contributed by atoms with Gasteiger partial charge in [-0.15, -0.1) is 0 Å². The van der Waals surface area contributed by atoms with Crippen LogP contribution in [0.25, 0.3) is 0 Å². The lowest BCUT2D eigenvalue weighted by Crippen LogP contribution is -2.38. The minimum atomic E-state index is -1.15. The molecule has 0 radical (unpaired) electrons. The summed E-state index contributed by atoms with van der Waals surface area (Å²) in [5.41, 5.74) is -0.548. The quantitative estimate of drug-likeness (QED) is 0.612. The zero-order valence-corrected chi connectivity index (χ0v) is 15.3. The van der Waals surface area contributed by atoms with E-state index < -0.39 is 16.9 Å². The Balaban J connectivity index is 1.85. The molecular formula is C19H17N3O6. The number of fused-ring (bicyclic) bond motifs is 1. The second-order valence-corrected chi connectivity index (χ2v) is 7.82. The number of nitriles is 1. The fourth-order valence-corrected chi connectivity index (χ4v) is 3.90. The highest BCUT2D eigenvalue weighted by molar-refractivity contribution is 6.24. The number of nitrogens with zero attached hydrogens (tertiary/aromatic N) is 2. The molecule has 2 heterocycles. The molecule has 144 valence electrons. The molecular weight excluding hydrogens is 366 g/mol. The first-order valence-corrected chi connectivity index (χ1v) is 8.71. The maximum atomic E-state index is 12.6. The Labute approximate surface area is 160 Å². The van der Waals surface area contributed by atoms with E-state index in [2.05, 4.69) is 0 Å². The summed E-state index contributed by atoms with van der Waals surface area (Å²) in [5.74, 6) is -0.524. The maximum absolute atomic E-state index is 12.6. The van der Waals surface area contributed by atoms with Gasteiger partial charge in [-0.05, 0) is 11.5 Å². The first-order chi connectivity index (χ1) is 13.2. The van der Waals surface area contributed by atoms with Crippen molar-refractivity contribution in [2.75, 3.05) is 6.79 Å². The number of nitro groups is 1. The average Bonchev–Trinajstić information content (AvgIpc) is 3.06. The molecule has 0 saturated carbocycles. The Bertz CT molecular complexity index is 1000. The number of carbonyl (C=O) groups is 1. The third-order valence-corrected chi connectivity index (χ3v) is 5.15. The smallest absolute Gasteiger partial charge is 0.280 e. The second kappa shape index (κ2) is 6.05. The minimum Gasteiger partial charge on any atom is -0.487 e. The molecule has 1 aliphatic carbocycles. The normalized spacial score (nSPS) is 25.0. The molecule has 2 aliphatic heterocycles. The van der Waals surface area contributed by atoms with E-state index in [1.54, 1.807) is 0 Å². The molecule has 9 heteroatoms. The predicted molar refractivity (Wildman–Crippen MR) is 94.9 cm³/mol. The predicted octanol–water partition coefficient (Wildman–Crippen LogP) is 3.20. The van der Waals surface area contributed by atoms with Crippen molar-refractivity contribution < 1.29 is 23.9 Å². The highest BCUT2D eigenvalue weighted by Crippen LogP contribution is 2.49. The molecule has 0 amide bonds. The Morgan fingerprint density at radius 1 is 1.29 bits per heavy atom. The Morgan fingerprint density at radius 2 is 1.96 bits per heavy atom. The molecule has 0 saturated heterocycles. The van der Waals surface area contributed by atoms with Crippen molar-refractivity contribution in [2.45, 2.75) is 32.8 Å². The van der Waals surface area contributed by atoms with Crippen LogP contribution in [0.5, 0.6) is 11.5 Å². The molecule has 0 bridgehead atoms. The fraction of sp³-hybridized carbons (Fsp3) is 0.421. The summed E-state index contributed by atoms with van der Waals surface area (Å²) in [6.07, 6.45) is -0.429. The van der Waals surface area contributed by atoms with Gasteiger partial charge in [0.05, 0.1) is 33.9 Å². The van der Waals surface area contributed by atoms with E-state index in [-0.39, 0.29) is 52.7 Å². The SMILES string of the molecule is CC1(C)CC(=O)C2=C(C1)O[C@H](c1cc3c(cc1[N+](=O)[O-])OCO3)C(C#N)C2=N. The van der Waals surface area contributed by atoms with Gasteiger partial charge < -0.3 is 19.6 Å². The number of benzene rings is 1. The van der Waals surface area contributed by atoms with E-state index in [0.29, 0.717) is 17.9 Å². The molecule has 1 unspecified atom stereocenters. The highest BCUT2D eigenvalue weighted by Gasteiger charge is 2.47. The van der Waals surface area contributed by atoms with Gasteiger partial charge >= 0.3 is 0 Å². The molecule has 0 spiro atoms. The summed E-state index contributed by atoms with van der Waals surface area (Å²) in [4.78, 5) is 23.6. The molecule has 1 aromatic carbocycles. The molecule has 1 aromatic rings. The summed E-state index contributed by atoms with van der Waals surface area (Å²) in [5, 5.41) is 29.7. The molecule has 28 heavy (non-hydrogen) atoms. The number of hydrogen-bond acceptors (Lipinski definition) is 8. The van der Waals surface area contributed by atoms with Crippen LogP contribution in [0.3, 0.4) is 0 Å². The van der Waals surface area contributed by atoms with Gasteiger partial charge in [0.1, 0.15) is 11.7 Å². The van der Waals surface area contributed by atoms with Crippen molar-refractivity contribution in [3.63, 3.8) is 0 Å². The molecule has 1 N–H and O–H groups in total. The van der Waals surface area contributed by atoms with Gasteiger partial charge in [0.25, 0.3) is 5.69 Å². The number of allylic oxidation sites excluding steroid dienone is 2. The molecule has 9 nitrogen and oxygen atoms in total. The number of hydrogen-bond donors (Lipinski definition) is 1. The van der Waals surface area contributed by atoms with Crippen LogP contribution in [0.1, 0.15) is 38.4 Å².